The summed E-state index contributed by atoms with van der Waals surface area (Å²) in [4.78, 5) is 0.162. The number of aryl methyl sites for hydroxylation is 2. The van der Waals surface area contributed by atoms with Crippen LogP contribution in [0.3, 0.4) is 0 Å². The zero-order valence-corrected chi connectivity index (χ0v) is 14.1. The predicted octanol–water partition coefficient (Wildman–Crippen LogP) is 2.62. The standard InChI is InChI=1S/C12H13BrClN3O2S/c1-8-9(7-17(2)16-8)6-15-20(18,19)10-3-4-12(14)11(13)5-10/h3-5,7,15H,6H2,1-2H3. The fraction of sp³-hybridized carbons (Fsp3) is 0.250. The molecule has 20 heavy (non-hydrogen) atoms. The van der Waals surface area contributed by atoms with Crippen molar-refractivity contribution in [2.45, 2.75) is 18.4 Å². The minimum atomic E-state index is -3.58. The van der Waals surface area contributed by atoms with Crippen molar-refractivity contribution >= 4 is 37.6 Å². The molecule has 108 valence electrons. The van der Waals surface area contributed by atoms with E-state index in [1.807, 2.05) is 6.92 Å². The molecule has 0 aliphatic heterocycles. The molecule has 1 heterocycles. The van der Waals surface area contributed by atoms with Crippen LogP contribution in [-0.4, -0.2) is 18.2 Å². The number of hydrogen-bond acceptors (Lipinski definition) is 3. The van der Waals surface area contributed by atoms with Crippen LogP contribution in [0.4, 0.5) is 0 Å². The average Bonchev–Trinajstić information content (AvgIpc) is 2.69. The SMILES string of the molecule is Cc1nn(C)cc1CNS(=O)(=O)c1ccc(Cl)c(Br)c1. The summed E-state index contributed by atoms with van der Waals surface area (Å²) in [6.07, 6.45) is 1.79. The van der Waals surface area contributed by atoms with E-state index in [-0.39, 0.29) is 11.4 Å². The van der Waals surface area contributed by atoms with Crippen LogP contribution in [0.1, 0.15) is 11.3 Å². The molecule has 0 spiro atoms. The van der Waals surface area contributed by atoms with E-state index in [1.54, 1.807) is 17.9 Å². The summed E-state index contributed by atoms with van der Waals surface area (Å²) in [6, 6.07) is 4.47. The molecule has 0 fully saturated rings. The van der Waals surface area contributed by atoms with Crippen LogP contribution in [-0.2, 0) is 23.6 Å². The largest absolute Gasteiger partial charge is 0.275 e. The Hall–Kier alpha value is -0.890. The lowest BCUT2D eigenvalue weighted by Crippen LogP contribution is -2.23. The van der Waals surface area contributed by atoms with Crippen LogP contribution >= 0.6 is 27.5 Å². The Morgan fingerprint density at radius 3 is 2.70 bits per heavy atom. The van der Waals surface area contributed by atoms with Gasteiger partial charge >= 0.3 is 0 Å². The quantitative estimate of drug-likeness (QED) is 0.889. The highest BCUT2D eigenvalue weighted by Gasteiger charge is 2.16. The maximum Gasteiger partial charge on any atom is 0.240 e. The highest BCUT2D eigenvalue weighted by atomic mass is 79.9. The van der Waals surface area contributed by atoms with E-state index in [2.05, 4.69) is 25.8 Å². The summed E-state index contributed by atoms with van der Waals surface area (Å²) in [6.45, 7) is 2.03. The van der Waals surface area contributed by atoms with Crippen molar-refractivity contribution in [3.63, 3.8) is 0 Å². The molecule has 2 aromatic rings. The first-order valence-electron chi connectivity index (χ1n) is 5.73. The molecule has 0 aliphatic rings. The van der Waals surface area contributed by atoms with E-state index >= 15 is 0 Å². The predicted molar refractivity (Wildman–Crippen MR) is 81.1 cm³/mol. The Labute approximate surface area is 131 Å². The maximum absolute atomic E-state index is 12.2. The van der Waals surface area contributed by atoms with E-state index in [0.29, 0.717) is 9.50 Å². The molecule has 2 rings (SSSR count). The third-order valence-electron chi connectivity index (χ3n) is 2.77. The summed E-state index contributed by atoms with van der Waals surface area (Å²) < 4.78 is 29.1. The van der Waals surface area contributed by atoms with Gasteiger partial charge in [-0.15, -0.1) is 0 Å². The lowest BCUT2D eigenvalue weighted by Gasteiger charge is -2.07. The Morgan fingerprint density at radius 1 is 1.45 bits per heavy atom. The van der Waals surface area contributed by atoms with E-state index in [0.717, 1.165) is 11.3 Å². The lowest BCUT2D eigenvalue weighted by molar-refractivity contribution is 0.581. The summed E-state index contributed by atoms with van der Waals surface area (Å²) in [5.74, 6) is 0. The lowest BCUT2D eigenvalue weighted by atomic mass is 10.3. The van der Waals surface area contributed by atoms with Crippen LogP contribution in [0.5, 0.6) is 0 Å². The zero-order chi connectivity index (χ0) is 14.9. The van der Waals surface area contributed by atoms with E-state index in [9.17, 15) is 8.42 Å². The molecule has 0 saturated heterocycles. The van der Waals surface area contributed by atoms with Crippen LogP contribution in [0.25, 0.3) is 0 Å². The number of rotatable bonds is 4. The van der Waals surface area contributed by atoms with Gasteiger partial charge in [-0.05, 0) is 41.1 Å². The minimum Gasteiger partial charge on any atom is -0.275 e. The molecular formula is C12H13BrClN3O2S. The van der Waals surface area contributed by atoms with E-state index < -0.39 is 10.0 Å². The Morgan fingerprint density at radius 2 is 2.15 bits per heavy atom. The summed E-state index contributed by atoms with van der Waals surface area (Å²) >= 11 is 9.07. The Kier molecular flexibility index (Phi) is 4.53. The van der Waals surface area contributed by atoms with Gasteiger partial charge in [-0.1, -0.05) is 11.6 Å². The van der Waals surface area contributed by atoms with Crippen molar-refractivity contribution in [2.75, 3.05) is 0 Å². The van der Waals surface area contributed by atoms with Gasteiger partial charge in [0.05, 0.1) is 15.6 Å². The van der Waals surface area contributed by atoms with Crippen molar-refractivity contribution in [1.29, 1.82) is 0 Å². The molecule has 8 heteroatoms. The molecule has 0 radical (unpaired) electrons. The van der Waals surface area contributed by atoms with Gasteiger partial charge in [0.1, 0.15) is 0 Å². The zero-order valence-electron chi connectivity index (χ0n) is 10.9. The minimum absolute atomic E-state index is 0.162. The number of hydrogen-bond donors (Lipinski definition) is 1. The number of aromatic nitrogens is 2. The number of benzene rings is 1. The number of halogens is 2. The van der Waals surface area contributed by atoms with Crippen LogP contribution < -0.4 is 4.72 Å². The van der Waals surface area contributed by atoms with Gasteiger partial charge in [0.15, 0.2) is 0 Å². The summed E-state index contributed by atoms with van der Waals surface area (Å²) in [7, 11) is -1.79. The molecule has 1 N–H and O–H groups in total. The summed E-state index contributed by atoms with van der Waals surface area (Å²) in [5.41, 5.74) is 1.64. The van der Waals surface area contributed by atoms with Crippen molar-refractivity contribution in [2.24, 2.45) is 7.05 Å². The van der Waals surface area contributed by atoms with Crippen molar-refractivity contribution in [3.8, 4) is 0 Å². The third kappa shape index (κ3) is 3.41. The van der Waals surface area contributed by atoms with Crippen LogP contribution in [0, 0.1) is 6.92 Å². The van der Waals surface area contributed by atoms with Gasteiger partial charge in [0.2, 0.25) is 10.0 Å². The second-order valence-corrected chi connectivity index (χ2v) is 7.34. The topological polar surface area (TPSA) is 64.0 Å². The smallest absolute Gasteiger partial charge is 0.240 e. The Bertz CT molecular complexity index is 743. The molecule has 0 saturated carbocycles. The molecule has 0 atom stereocenters. The van der Waals surface area contributed by atoms with Gasteiger partial charge in [-0.3, -0.25) is 4.68 Å². The molecule has 0 amide bonds. The fourth-order valence-corrected chi connectivity index (χ4v) is 3.40. The molecule has 1 aromatic heterocycles. The average molecular weight is 379 g/mol. The second kappa shape index (κ2) is 5.85. The van der Waals surface area contributed by atoms with Crippen molar-refractivity contribution in [1.82, 2.24) is 14.5 Å². The fourth-order valence-electron chi connectivity index (χ4n) is 1.72. The maximum atomic E-state index is 12.2. The van der Waals surface area contributed by atoms with Gasteiger partial charge in [-0.2, -0.15) is 5.10 Å². The van der Waals surface area contributed by atoms with Gasteiger partial charge < -0.3 is 0 Å². The van der Waals surface area contributed by atoms with Gasteiger partial charge in [-0.25, -0.2) is 13.1 Å². The molecule has 0 unspecified atom stereocenters. The highest BCUT2D eigenvalue weighted by molar-refractivity contribution is 9.10. The number of nitrogens with zero attached hydrogens (tertiary/aromatic N) is 2. The van der Waals surface area contributed by atoms with E-state index in [4.69, 9.17) is 11.6 Å². The van der Waals surface area contributed by atoms with Crippen LogP contribution in [0.15, 0.2) is 33.8 Å². The first kappa shape index (κ1) is 15.5. The second-order valence-electron chi connectivity index (χ2n) is 4.31. The van der Waals surface area contributed by atoms with E-state index in [1.165, 1.54) is 18.2 Å². The van der Waals surface area contributed by atoms with Gasteiger partial charge in [0, 0.05) is 29.8 Å². The first-order valence-corrected chi connectivity index (χ1v) is 8.39. The van der Waals surface area contributed by atoms with Gasteiger partial charge in [0.25, 0.3) is 0 Å². The van der Waals surface area contributed by atoms with Crippen molar-refractivity contribution < 1.29 is 8.42 Å². The normalized spacial score (nSPS) is 11.8. The molecular weight excluding hydrogens is 366 g/mol. The molecule has 0 bridgehead atoms. The summed E-state index contributed by atoms with van der Waals surface area (Å²) in [5, 5.41) is 4.63. The molecule has 1 aromatic carbocycles. The third-order valence-corrected chi connectivity index (χ3v) is 5.38. The molecule has 0 aliphatic carbocycles. The van der Waals surface area contributed by atoms with Crippen LogP contribution in [0.2, 0.25) is 5.02 Å². The monoisotopic (exact) mass is 377 g/mol. The van der Waals surface area contributed by atoms with Crippen molar-refractivity contribution in [3.05, 3.63) is 45.1 Å². The highest BCUT2D eigenvalue weighted by Crippen LogP contribution is 2.25. The Balaban J connectivity index is 2.19. The number of sulfonamides is 1. The first-order chi connectivity index (χ1) is 9.29. The number of nitrogens with one attached hydrogen (secondary N) is 1. The molecule has 5 nitrogen and oxygen atoms in total.